The molecule has 1 saturated carbocycles. The molecule has 0 heterocycles. The summed E-state index contributed by atoms with van der Waals surface area (Å²) in [6.45, 7) is 11.3. The molecule has 1 N–H and O–H groups in total. The van der Waals surface area contributed by atoms with Crippen LogP contribution in [-0.4, -0.2) is 26.3 Å². The molecular formula is C14H29NO. The Hall–Kier alpha value is -0.0800. The molecule has 0 amide bonds. The SMILES string of the molecule is COCC(NCC(C(C)C)C(C)C)C1CC1. The summed E-state index contributed by atoms with van der Waals surface area (Å²) in [6.07, 6.45) is 2.77. The van der Waals surface area contributed by atoms with Crippen molar-refractivity contribution in [1.29, 1.82) is 0 Å². The van der Waals surface area contributed by atoms with E-state index in [-0.39, 0.29) is 0 Å². The average molecular weight is 227 g/mol. The van der Waals surface area contributed by atoms with Gasteiger partial charge >= 0.3 is 0 Å². The second-order valence-electron chi connectivity index (χ2n) is 5.96. The van der Waals surface area contributed by atoms with E-state index in [4.69, 9.17) is 4.74 Å². The van der Waals surface area contributed by atoms with Crippen molar-refractivity contribution in [2.45, 2.75) is 46.6 Å². The Morgan fingerprint density at radius 2 is 1.69 bits per heavy atom. The molecule has 0 saturated heterocycles. The maximum absolute atomic E-state index is 5.30. The van der Waals surface area contributed by atoms with Gasteiger partial charge in [0.1, 0.15) is 0 Å². The summed E-state index contributed by atoms with van der Waals surface area (Å²) in [5.41, 5.74) is 0. The second kappa shape index (κ2) is 6.61. The average Bonchev–Trinajstić information content (AvgIpc) is 2.98. The van der Waals surface area contributed by atoms with Gasteiger partial charge in [0, 0.05) is 13.2 Å². The van der Waals surface area contributed by atoms with Crippen LogP contribution in [0.2, 0.25) is 0 Å². The maximum Gasteiger partial charge on any atom is 0.0618 e. The maximum atomic E-state index is 5.30. The summed E-state index contributed by atoms with van der Waals surface area (Å²) in [6, 6.07) is 0.588. The van der Waals surface area contributed by atoms with Crippen molar-refractivity contribution in [3.05, 3.63) is 0 Å². The van der Waals surface area contributed by atoms with Gasteiger partial charge in [0.2, 0.25) is 0 Å². The fraction of sp³-hybridized carbons (Fsp3) is 1.00. The minimum absolute atomic E-state index is 0.588. The summed E-state index contributed by atoms with van der Waals surface area (Å²) in [7, 11) is 1.80. The van der Waals surface area contributed by atoms with Gasteiger partial charge < -0.3 is 10.1 Å². The predicted molar refractivity (Wildman–Crippen MR) is 69.6 cm³/mol. The minimum Gasteiger partial charge on any atom is -0.383 e. The zero-order valence-corrected chi connectivity index (χ0v) is 11.6. The lowest BCUT2D eigenvalue weighted by atomic mass is 9.85. The smallest absolute Gasteiger partial charge is 0.0618 e. The van der Waals surface area contributed by atoms with E-state index in [1.165, 1.54) is 12.8 Å². The molecule has 1 aliphatic rings. The van der Waals surface area contributed by atoms with Crippen LogP contribution in [0.3, 0.4) is 0 Å². The Morgan fingerprint density at radius 3 is 2.06 bits per heavy atom. The first-order chi connectivity index (χ1) is 7.56. The van der Waals surface area contributed by atoms with Crippen LogP contribution in [0, 0.1) is 23.7 Å². The van der Waals surface area contributed by atoms with Gasteiger partial charge in [-0.2, -0.15) is 0 Å². The highest BCUT2D eigenvalue weighted by Gasteiger charge is 2.31. The molecule has 0 aromatic carbocycles. The quantitative estimate of drug-likeness (QED) is 0.688. The number of nitrogens with one attached hydrogen (secondary N) is 1. The molecule has 1 atom stereocenters. The minimum atomic E-state index is 0.588. The number of methoxy groups -OCH3 is 1. The van der Waals surface area contributed by atoms with Crippen LogP contribution in [0.5, 0.6) is 0 Å². The Kier molecular flexibility index (Phi) is 5.77. The van der Waals surface area contributed by atoms with Crippen LogP contribution in [0.4, 0.5) is 0 Å². The Bertz CT molecular complexity index is 179. The van der Waals surface area contributed by atoms with Gasteiger partial charge in [-0.15, -0.1) is 0 Å². The van der Waals surface area contributed by atoms with Crippen LogP contribution >= 0.6 is 0 Å². The Morgan fingerprint density at radius 1 is 1.12 bits per heavy atom. The standard InChI is InChI=1S/C14H29NO/c1-10(2)13(11(3)4)8-15-14(9-16-5)12-6-7-12/h10-15H,6-9H2,1-5H3. The van der Waals surface area contributed by atoms with Gasteiger partial charge in [-0.1, -0.05) is 27.7 Å². The molecule has 0 spiro atoms. The van der Waals surface area contributed by atoms with Crippen LogP contribution in [0.15, 0.2) is 0 Å². The number of hydrogen-bond acceptors (Lipinski definition) is 2. The molecule has 1 unspecified atom stereocenters. The van der Waals surface area contributed by atoms with Gasteiger partial charge in [0.05, 0.1) is 6.61 Å². The van der Waals surface area contributed by atoms with Crippen molar-refractivity contribution in [2.24, 2.45) is 23.7 Å². The first kappa shape index (κ1) is 14.0. The predicted octanol–water partition coefficient (Wildman–Crippen LogP) is 2.93. The lowest BCUT2D eigenvalue weighted by Crippen LogP contribution is -2.40. The van der Waals surface area contributed by atoms with Crippen molar-refractivity contribution in [1.82, 2.24) is 5.32 Å². The van der Waals surface area contributed by atoms with Crippen LogP contribution in [0.1, 0.15) is 40.5 Å². The highest BCUT2D eigenvalue weighted by Crippen LogP contribution is 2.33. The van der Waals surface area contributed by atoms with E-state index in [0.717, 1.165) is 36.8 Å². The van der Waals surface area contributed by atoms with E-state index in [2.05, 4.69) is 33.0 Å². The molecule has 0 bridgehead atoms. The highest BCUT2D eigenvalue weighted by molar-refractivity contribution is 4.87. The third-order valence-electron chi connectivity index (χ3n) is 3.87. The van der Waals surface area contributed by atoms with E-state index < -0.39 is 0 Å². The van der Waals surface area contributed by atoms with Gasteiger partial charge in [-0.05, 0) is 43.1 Å². The highest BCUT2D eigenvalue weighted by atomic mass is 16.5. The molecular weight excluding hydrogens is 198 g/mol. The number of ether oxygens (including phenoxy) is 1. The second-order valence-corrected chi connectivity index (χ2v) is 5.96. The fourth-order valence-corrected chi connectivity index (χ4v) is 2.57. The molecule has 0 aromatic rings. The van der Waals surface area contributed by atoms with E-state index in [1.807, 2.05) is 0 Å². The normalized spacial score (nSPS) is 18.8. The molecule has 1 rings (SSSR count). The lowest BCUT2D eigenvalue weighted by Gasteiger charge is -2.28. The van der Waals surface area contributed by atoms with Crippen molar-refractivity contribution >= 4 is 0 Å². The molecule has 16 heavy (non-hydrogen) atoms. The molecule has 1 fully saturated rings. The lowest BCUT2D eigenvalue weighted by molar-refractivity contribution is 0.148. The molecule has 0 aliphatic heterocycles. The topological polar surface area (TPSA) is 21.3 Å². The van der Waals surface area contributed by atoms with E-state index in [9.17, 15) is 0 Å². The summed E-state index contributed by atoms with van der Waals surface area (Å²) in [5.74, 6) is 3.17. The zero-order valence-electron chi connectivity index (χ0n) is 11.6. The van der Waals surface area contributed by atoms with E-state index in [1.54, 1.807) is 7.11 Å². The van der Waals surface area contributed by atoms with Gasteiger partial charge in [-0.3, -0.25) is 0 Å². The van der Waals surface area contributed by atoms with E-state index >= 15 is 0 Å². The largest absolute Gasteiger partial charge is 0.383 e. The first-order valence-electron chi connectivity index (χ1n) is 6.78. The molecule has 1 aliphatic carbocycles. The summed E-state index contributed by atoms with van der Waals surface area (Å²) < 4.78 is 5.30. The monoisotopic (exact) mass is 227 g/mol. The Balaban J connectivity index is 2.33. The number of hydrogen-bond donors (Lipinski definition) is 1. The summed E-state index contributed by atoms with van der Waals surface area (Å²) in [4.78, 5) is 0. The molecule has 96 valence electrons. The van der Waals surface area contributed by atoms with Crippen LogP contribution < -0.4 is 5.32 Å². The van der Waals surface area contributed by atoms with Crippen LogP contribution in [0.25, 0.3) is 0 Å². The molecule has 2 heteroatoms. The summed E-state index contributed by atoms with van der Waals surface area (Å²) in [5, 5.41) is 3.72. The molecule has 0 aromatic heterocycles. The van der Waals surface area contributed by atoms with Gasteiger partial charge in [-0.25, -0.2) is 0 Å². The van der Waals surface area contributed by atoms with Crippen molar-refractivity contribution in [3.63, 3.8) is 0 Å². The van der Waals surface area contributed by atoms with E-state index in [0.29, 0.717) is 6.04 Å². The van der Waals surface area contributed by atoms with Gasteiger partial charge in [0.25, 0.3) is 0 Å². The molecule has 2 nitrogen and oxygen atoms in total. The third kappa shape index (κ3) is 4.42. The van der Waals surface area contributed by atoms with Crippen LogP contribution in [-0.2, 0) is 4.74 Å². The molecule has 0 radical (unpaired) electrons. The summed E-state index contributed by atoms with van der Waals surface area (Å²) >= 11 is 0. The van der Waals surface area contributed by atoms with Gasteiger partial charge in [0.15, 0.2) is 0 Å². The zero-order chi connectivity index (χ0) is 12.1. The van der Waals surface area contributed by atoms with Crippen molar-refractivity contribution < 1.29 is 4.74 Å². The first-order valence-corrected chi connectivity index (χ1v) is 6.78. The Labute approximate surface area is 101 Å². The third-order valence-corrected chi connectivity index (χ3v) is 3.87. The number of rotatable bonds is 8. The van der Waals surface area contributed by atoms with Crippen molar-refractivity contribution in [2.75, 3.05) is 20.3 Å². The fourth-order valence-electron chi connectivity index (χ4n) is 2.57. The van der Waals surface area contributed by atoms with Crippen molar-refractivity contribution in [3.8, 4) is 0 Å².